The Labute approximate surface area is 187 Å². The number of benzene rings is 1. The van der Waals surface area contributed by atoms with Crippen LogP contribution < -0.4 is 16.2 Å². The molecule has 1 saturated heterocycles. The van der Waals surface area contributed by atoms with Crippen LogP contribution >= 0.6 is 0 Å². The molecule has 3 heterocycles. The number of rotatable bonds is 4. The second kappa shape index (κ2) is 8.80. The van der Waals surface area contributed by atoms with E-state index in [1.165, 1.54) is 22.8 Å². The molecular formula is C22H21F3N6O2. The average Bonchev–Trinajstić information content (AvgIpc) is 2.77. The van der Waals surface area contributed by atoms with Crippen LogP contribution in [-0.4, -0.2) is 34.2 Å². The van der Waals surface area contributed by atoms with Crippen molar-refractivity contribution in [3.05, 3.63) is 63.3 Å². The van der Waals surface area contributed by atoms with E-state index >= 15 is 0 Å². The van der Waals surface area contributed by atoms with E-state index in [2.05, 4.69) is 20.6 Å². The summed E-state index contributed by atoms with van der Waals surface area (Å²) in [5.74, 6) is 0.629. The molecule has 0 spiro atoms. The van der Waals surface area contributed by atoms with Crippen LogP contribution in [0.1, 0.15) is 41.7 Å². The Hall–Kier alpha value is -3.49. The van der Waals surface area contributed by atoms with Gasteiger partial charge >= 0.3 is 6.18 Å². The molecule has 1 fully saturated rings. The molecule has 8 nitrogen and oxygen atoms in total. The molecule has 2 atom stereocenters. The third-order valence-corrected chi connectivity index (χ3v) is 5.41. The number of hydrogen-bond acceptors (Lipinski definition) is 7. The molecule has 0 bridgehead atoms. The zero-order valence-corrected chi connectivity index (χ0v) is 17.9. The first-order valence-electron chi connectivity index (χ1n) is 10.3. The van der Waals surface area contributed by atoms with Gasteiger partial charge in [-0.2, -0.15) is 18.4 Å². The maximum Gasteiger partial charge on any atom is 0.418 e. The zero-order valence-electron chi connectivity index (χ0n) is 17.9. The Morgan fingerprint density at radius 3 is 2.82 bits per heavy atom. The topological polar surface area (TPSA) is 105 Å². The Kier molecular flexibility index (Phi) is 6.05. The molecular weight excluding hydrogens is 437 g/mol. The molecule has 2 aromatic heterocycles. The van der Waals surface area contributed by atoms with Crippen molar-refractivity contribution in [1.29, 1.82) is 5.26 Å². The van der Waals surface area contributed by atoms with E-state index in [0.717, 1.165) is 6.07 Å². The van der Waals surface area contributed by atoms with Crippen molar-refractivity contribution >= 4 is 16.7 Å². The molecule has 0 saturated carbocycles. The number of nitrogens with zero attached hydrogens (tertiary/aromatic N) is 4. The number of aryl methyl sites for hydroxylation is 1. The fraction of sp³-hybridized carbons (Fsp3) is 0.364. The molecule has 11 heteroatoms. The summed E-state index contributed by atoms with van der Waals surface area (Å²) in [5, 5.41) is 15.8. The summed E-state index contributed by atoms with van der Waals surface area (Å²) in [4.78, 5) is 21.3. The van der Waals surface area contributed by atoms with Crippen molar-refractivity contribution in [2.24, 2.45) is 0 Å². The van der Waals surface area contributed by atoms with Gasteiger partial charge in [-0.15, -0.1) is 0 Å². The van der Waals surface area contributed by atoms with Crippen LogP contribution in [-0.2, 0) is 10.9 Å². The van der Waals surface area contributed by atoms with Crippen LogP contribution in [0.4, 0.5) is 19.0 Å². The number of anilines is 1. The highest BCUT2D eigenvalue weighted by atomic mass is 19.4. The van der Waals surface area contributed by atoms with Gasteiger partial charge in [0.25, 0.3) is 5.56 Å². The van der Waals surface area contributed by atoms with Crippen LogP contribution in [0.25, 0.3) is 10.9 Å². The molecule has 0 aliphatic carbocycles. The average molecular weight is 458 g/mol. The molecule has 1 aliphatic rings. The molecule has 2 N–H and O–H groups in total. The maximum absolute atomic E-state index is 13.8. The molecule has 0 amide bonds. The fourth-order valence-electron chi connectivity index (χ4n) is 3.92. The lowest BCUT2D eigenvalue weighted by Crippen LogP contribution is -2.39. The zero-order chi connectivity index (χ0) is 23.8. The summed E-state index contributed by atoms with van der Waals surface area (Å²) in [6, 6.07) is 6.01. The number of hydrogen-bond donors (Lipinski definition) is 2. The number of nitrogens with one attached hydrogen (secondary N) is 2. The number of halogens is 3. The number of nitriles is 1. The summed E-state index contributed by atoms with van der Waals surface area (Å²) in [6.45, 7) is 4.74. The minimum atomic E-state index is -4.70. The molecule has 172 valence electrons. The van der Waals surface area contributed by atoms with Crippen molar-refractivity contribution in [1.82, 2.24) is 19.9 Å². The van der Waals surface area contributed by atoms with Gasteiger partial charge in [0.15, 0.2) is 0 Å². The second-order valence-electron chi connectivity index (χ2n) is 7.71. The highest BCUT2D eigenvalue weighted by molar-refractivity contribution is 5.88. The van der Waals surface area contributed by atoms with Gasteiger partial charge in [-0.05, 0) is 25.5 Å². The van der Waals surface area contributed by atoms with Gasteiger partial charge in [0, 0.05) is 25.4 Å². The number of fused-ring (bicyclic) bond motifs is 1. The molecule has 0 radical (unpaired) electrons. The Morgan fingerprint density at radius 2 is 2.15 bits per heavy atom. The van der Waals surface area contributed by atoms with Crippen LogP contribution in [0.15, 0.2) is 35.3 Å². The van der Waals surface area contributed by atoms with Crippen LogP contribution in [0.5, 0.6) is 0 Å². The van der Waals surface area contributed by atoms with Gasteiger partial charge in [0.05, 0.1) is 40.7 Å². The monoisotopic (exact) mass is 458 g/mol. The van der Waals surface area contributed by atoms with Gasteiger partial charge in [-0.25, -0.2) is 9.97 Å². The number of pyridine rings is 1. The SMILES string of the molecule is Cc1nc(NC(C)c2cccc(C#N)c2C(F)(F)F)c2cn(C3CNCCO3)c(=O)cc2n1. The summed E-state index contributed by atoms with van der Waals surface area (Å²) >= 11 is 0. The predicted octanol–water partition coefficient (Wildman–Crippen LogP) is 3.28. The number of aromatic nitrogens is 3. The second-order valence-corrected chi connectivity index (χ2v) is 7.71. The minimum Gasteiger partial charge on any atom is -0.363 e. The fourth-order valence-corrected chi connectivity index (χ4v) is 3.92. The smallest absolute Gasteiger partial charge is 0.363 e. The molecule has 1 aromatic carbocycles. The van der Waals surface area contributed by atoms with E-state index in [9.17, 15) is 23.2 Å². The van der Waals surface area contributed by atoms with E-state index < -0.39 is 29.6 Å². The third-order valence-electron chi connectivity index (χ3n) is 5.41. The summed E-state index contributed by atoms with van der Waals surface area (Å²) in [7, 11) is 0. The van der Waals surface area contributed by atoms with Crippen molar-refractivity contribution in [2.75, 3.05) is 25.0 Å². The standard InChI is InChI=1S/C22H21F3N6O2/c1-12(15-5-3-4-14(9-26)20(15)22(23,24)25)28-21-16-11-31(19-10-27-6-7-33-19)18(32)8-17(16)29-13(2)30-21/h3-5,8,11-12,19,27H,6-7,10H2,1-2H3,(H,28,29,30). The van der Waals surface area contributed by atoms with E-state index in [4.69, 9.17) is 4.74 Å². The Balaban J connectivity index is 1.79. The number of ether oxygens (including phenoxy) is 1. The number of alkyl halides is 3. The first-order chi connectivity index (χ1) is 15.7. The van der Waals surface area contributed by atoms with E-state index in [1.807, 2.05) is 0 Å². The van der Waals surface area contributed by atoms with E-state index in [-0.39, 0.29) is 16.9 Å². The lowest BCUT2D eigenvalue weighted by molar-refractivity contribution is -0.138. The summed E-state index contributed by atoms with van der Waals surface area (Å²) in [6.07, 6.45) is -3.67. The molecule has 4 rings (SSSR count). The Bertz CT molecular complexity index is 1290. The van der Waals surface area contributed by atoms with Crippen molar-refractivity contribution in [3.63, 3.8) is 0 Å². The first-order valence-corrected chi connectivity index (χ1v) is 10.3. The molecule has 33 heavy (non-hydrogen) atoms. The van der Waals surface area contributed by atoms with Crippen molar-refractivity contribution in [2.45, 2.75) is 32.3 Å². The quantitative estimate of drug-likeness (QED) is 0.618. The van der Waals surface area contributed by atoms with Gasteiger partial charge in [0.1, 0.15) is 17.9 Å². The lowest BCUT2D eigenvalue weighted by Gasteiger charge is -2.26. The predicted molar refractivity (Wildman–Crippen MR) is 115 cm³/mol. The van der Waals surface area contributed by atoms with Crippen LogP contribution in [0, 0.1) is 18.3 Å². The largest absolute Gasteiger partial charge is 0.418 e. The van der Waals surface area contributed by atoms with Gasteiger partial charge in [0.2, 0.25) is 0 Å². The maximum atomic E-state index is 13.8. The normalized spacial score (nSPS) is 17.5. The summed E-state index contributed by atoms with van der Waals surface area (Å²) < 4.78 is 48.3. The third kappa shape index (κ3) is 4.53. The minimum absolute atomic E-state index is 0.0842. The number of morpholine rings is 1. The lowest BCUT2D eigenvalue weighted by atomic mass is 9.96. The van der Waals surface area contributed by atoms with Gasteiger partial charge < -0.3 is 15.4 Å². The van der Waals surface area contributed by atoms with Crippen molar-refractivity contribution in [3.8, 4) is 6.07 Å². The van der Waals surface area contributed by atoms with Crippen LogP contribution in [0.2, 0.25) is 0 Å². The van der Waals surface area contributed by atoms with Crippen molar-refractivity contribution < 1.29 is 17.9 Å². The first kappa shape index (κ1) is 22.7. The van der Waals surface area contributed by atoms with E-state index in [1.54, 1.807) is 26.1 Å². The van der Waals surface area contributed by atoms with Gasteiger partial charge in [-0.3, -0.25) is 9.36 Å². The highest BCUT2D eigenvalue weighted by Gasteiger charge is 2.37. The molecule has 1 aliphatic heterocycles. The molecule has 2 unspecified atom stereocenters. The molecule has 3 aromatic rings. The van der Waals surface area contributed by atoms with E-state index in [0.29, 0.717) is 36.4 Å². The van der Waals surface area contributed by atoms with Crippen LogP contribution in [0.3, 0.4) is 0 Å². The Morgan fingerprint density at radius 1 is 1.36 bits per heavy atom. The highest BCUT2D eigenvalue weighted by Crippen LogP contribution is 2.38. The van der Waals surface area contributed by atoms with Gasteiger partial charge in [-0.1, -0.05) is 12.1 Å². The summed E-state index contributed by atoms with van der Waals surface area (Å²) in [5.41, 5.74) is -1.47.